The molecule has 0 bridgehead atoms. The summed E-state index contributed by atoms with van der Waals surface area (Å²) >= 11 is 1.20. The quantitative estimate of drug-likeness (QED) is 0.660. The summed E-state index contributed by atoms with van der Waals surface area (Å²) in [4.78, 5) is 32.8. The number of nitrogens with zero attached hydrogens (tertiary/aromatic N) is 3. The molecular formula is C12H12N4O4S. The Hall–Kier alpha value is -2.42. The second-order valence-electron chi connectivity index (χ2n) is 4.27. The zero-order chi connectivity index (χ0) is 15.6. The van der Waals surface area contributed by atoms with Gasteiger partial charge in [-0.3, -0.25) is 19.7 Å². The Bertz CT molecular complexity index is 629. The molecule has 9 heteroatoms. The number of thioether (sulfide) groups is 1. The van der Waals surface area contributed by atoms with Crippen LogP contribution in [0.2, 0.25) is 0 Å². The fourth-order valence-corrected chi connectivity index (χ4v) is 2.88. The summed E-state index contributed by atoms with van der Waals surface area (Å²) < 4.78 is 0. The van der Waals surface area contributed by atoms with Gasteiger partial charge in [-0.2, -0.15) is 0 Å². The van der Waals surface area contributed by atoms with Crippen molar-refractivity contribution in [2.24, 2.45) is 5.10 Å². The van der Waals surface area contributed by atoms with Crippen molar-refractivity contribution >= 4 is 34.4 Å². The number of amidine groups is 1. The Labute approximate surface area is 124 Å². The predicted octanol–water partition coefficient (Wildman–Crippen LogP) is 1.60. The van der Waals surface area contributed by atoms with Crippen LogP contribution in [0.25, 0.3) is 0 Å². The summed E-state index contributed by atoms with van der Waals surface area (Å²) in [5.41, 5.74) is 0.657. The van der Waals surface area contributed by atoms with Gasteiger partial charge in [0.05, 0.1) is 4.92 Å². The lowest BCUT2D eigenvalue weighted by Gasteiger charge is -2.18. The molecule has 21 heavy (non-hydrogen) atoms. The minimum atomic E-state index is -0.493. The number of nitrogens with one attached hydrogen (secondary N) is 1. The standard InChI is InChI=1S/C12H12N4O4S/c1-7(17)13-12-14-15(8(2)18)11(21-12)9-3-5-10(6-4-9)16(19)20/h3-6,11H,1-2H3,(H,13,14,17)/t11-/m1/s1. The fourth-order valence-electron chi connectivity index (χ4n) is 1.74. The molecule has 0 spiro atoms. The molecule has 1 aliphatic rings. The molecule has 0 saturated carbocycles. The molecule has 1 aromatic rings. The smallest absolute Gasteiger partial charge is 0.269 e. The highest BCUT2D eigenvalue weighted by Crippen LogP contribution is 2.38. The molecule has 1 aromatic carbocycles. The summed E-state index contributed by atoms with van der Waals surface area (Å²) in [5, 5.41) is 18.3. The van der Waals surface area contributed by atoms with Crippen LogP contribution in [0.15, 0.2) is 29.4 Å². The van der Waals surface area contributed by atoms with Crippen molar-refractivity contribution in [1.29, 1.82) is 0 Å². The molecule has 2 amide bonds. The zero-order valence-corrected chi connectivity index (χ0v) is 12.1. The van der Waals surface area contributed by atoms with Gasteiger partial charge in [-0.1, -0.05) is 11.8 Å². The van der Waals surface area contributed by atoms with Crippen LogP contribution < -0.4 is 5.32 Å². The van der Waals surface area contributed by atoms with Crippen LogP contribution in [0.5, 0.6) is 0 Å². The van der Waals surface area contributed by atoms with E-state index < -0.39 is 10.3 Å². The van der Waals surface area contributed by atoms with Gasteiger partial charge in [0, 0.05) is 26.0 Å². The number of hydrogen-bond acceptors (Lipinski definition) is 6. The van der Waals surface area contributed by atoms with E-state index in [-0.39, 0.29) is 17.5 Å². The van der Waals surface area contributed by atoms with E-state index in [0.29, 0.717) is 10.7 Å². The number of nitro groups is 1. The number of carbonyl (C=O) groups excluding carboxylic acids is 2. The number of hydrogen-bond donors (Lipinski definition) is 1. The van der Waals surface area contributed by atoms with Crippen LogP contribution in [0.3, 0.4) is 0 Å². The van der Waals surface area contributed by atoms with Gasteiger partial charge in [-0.05, 0) is 17.7 Å². The molecule has 0 fully saturated rings. The maximum atomic E-state index is 11.6. The van der Waals surface area contributed by atoms with Gasteiger partial charge < -0.3 is 5.32 Å². The lowest BCUT2D eigenvalue weighted by Crippen LogP contribution is -2.25. The first-order valence-corrected chi connectivity index (χ1v) is 6.83. The summed E-state index contributed by atoms with van der Waals surface area (Å²) in [7, 11) is 0. The third-order valence-corrected chi connectivity index (χ3v) is 3.74. The topological polar surface area (TPSA) is 105 Å². The molecule has 0 radical (unpaired) electrons. The van der Waals surface area contributed by atoms with E-state index in [1.165, 1.54) is 42.8 Å². The summed E-state index contributed by atoms with van der Waals surface area (Å²) in [6, 6.07) is 5.87. The van der Waals surface area contributed by atoms with Crippen molar-refractivity contribution in [3.8, 4) is 0 Å². The Balaban J connectivity index is 2.24. The maximum absolute atomic E-state index is 11.6. The van der Waals surface area contributed by atoms with Crippen LogP contribution >= 0.6 is 11.8 Å². The number of benzene rings is 1. The summed E-state index contributed by atoms with van der Waals surface area (Å²) in [6.07, 6.45) is 0. The Morgan fingerprint density at radius 1 is 1.33 bits per heavy atom. The second kappa shape index (κ2) is 5.92. The molecule has 0 aliphatic carbocycles. The third kappa shape index (κ3) is 3.37. The van der Waals surface area contributed by atoms with Gasteiger partial charge in [0.15, 0.2) is 5.17 Å². The Kier molecular flexibility index (Phi) is 4.22. The van der Waals surface area contributed by atoms with Crippen molar-refractivity contribution in [3.63, 3.8) is 0 Å². The summed E-state index contributed by atoms with van der Waals surface area (Å²) in [5.74, 6) is -0.569. The van der Waals surface area contributed by atoms with Gasteiger partial charge in [0.2, 0.25) is 11.8 Å². The average molecular weight is 308 g/mol. The first-order valence-electron chi connectivity index (χ1n) is 5.95. The average Bonchev–Trinajstić information content (AvgIpc) is 2.82. The van der Waals surface area contributed by atoms with Gasteiger partial charge >= 0.3 is 0 Å². The van der Waals surface area contributed by atoms with Crippen LogP contribution in [0.1, 0.15) is 24.8 Å². The Morgan fingerprint density at radius 3 is 2.43 bits per heavy atom. The first kappa shape index (κ1) is 15.0. The molecule has 1 atom stereocenters. The molecule has 0 unspecified atom stereocenters. The molecule has 8 nitrogen and oxygen atoms in total. The largest absolute Gasteiger partial charge is 0.304 e. The van der Waals surface area contributed by atoms with Gasteiger partial charge in [-0.15, -0.1) is 5.10 Å². The Morgan fingerprint density at radius 2 is 1.95 bits per heavy atom. The monoisotopic (exact) mass is 308 g/mol. The minimum Gasteiger partial charge on any atom is -0.304 e. The maximum Gasteiger partial charge on any atom is 0.269 e. The lowest BCUT2D eigenvalue weighted by atomic mass is 10.2. The van der Waals surface area contributed by atoms with Gasteiger partial charge in [-0.25, -0.2) is 5.01 Å². The molecule has 1 heterocycles. The summed E-state index contributed by atoms with van der Waals surface area (Å²) in [6.45, 7) is 2.71. The van der Waals surface area contributed by atoms with E-state index in [2.05, 4.69) is 10.4 Å². The molecular weight excluding hydrogens is 296 g/mol. The van der Waals surface area contributed by atoms with Crippen LogP contribution in [-0.4, -0.2) is 26.9 Å². The SMILES string of the molecule is CC(=O)NC1=NN(C(C)=O)[C@@H](c2ccc([N+](=O)[O-])cc2)S1. The molecule has 1 N–H and O–H groups in total. The highest BCUT2D eigenvalue weighted by molar-refractivity contribution is 8.14. The molecule has 110 valence electrons. The van der Waals surface area contributed by atoms with E-state index in [1.807, 2.05) is 0 Å². The number of amides is 2. The number of non-ortho nitro benzene ring substituents is 1. The van der Waals surface area contributed by atoms with Crippen molar-refractivity contribution in [2.75, 3.05) is 0 Å². The third-order valence-electron chi connectivity index (χ3n) is 2.64. The van der Waals surface area contributed by atoms with Crippen LogP contribution in [0.4, 0.5) is 5.69 Å². The number of rotatable bonds is 2. The van der Waals surface area contributed by atoms with Crippen LogP contribution in [0, 0.1) is 10.1 Å². The van der Waals surface area contributed by atoms with Gasteiger partial charge in [0.1, 0.15) is 5.37 Å². The highest BCUT2D eigenvalue weighted by Gasteiger charge is 2.32. The van der Waals surface area contributed by atoms with Gasteiger partial charge in [0.25, 0.3) is 5.69 Å². The molecule has 0 saturated heterocycles. The number of hydrazone groups is 1. The first-order chi connectivity index (χ1) is 9.88. The van der Waals surface area contributed by atoms with E-state index in [1.54, 1.807) is 12.1 Å². The van der Waals surface area contributed by atoms with Crippen molar-refractivity contribution in [3.05, 3.63) is 39.9 Å². The number of carbonyl (C=O) groups is 2. The fraction of sp³-hybridized carbons (Fsp3) is 0.250. The van der Waals surface area contributed by atoms with E-state index in [9.17, 15) is 19.7 Å². The van der Waals surface area contributed by atoms with E-state index in [4.69, 9.17) is 0 Å². The highest BCUT2D eigenvalue weighted by atomic mass is 32.2. The van der Waals surface area contributed by atoms with Crippen molar-refractivity contribution < 1.29 is 14.5 Å². The zero-order valence-electron chi connectivity index (χ0n) is 11.3. The van der Waals surface area contributed by atoms with Crippen molar-refractivity contribution in [2.45, 2.75) is 19.2 Å². The number of nitro benzene ring substituents is 1. The predicted molar refractivity (Wildman–Crippen MR) is 77.2 cm³/mol. The van der Waals surface area contributed by atoms with E-state index >= 15 is 0 Å². The normalized spacial score (nSPS) is 17.3. The van der Waals surface area contributed by atoms with Crippen LogP contribution in [-0.2, 0) is 9.59 Å². The lowest BCUT2D eigenvalue weighted by molar-refractivity contribution is -0.384. The minimum absolute atomic E-state index is 0.0286. The molecule has 0 aromatic heterocycles. The molecule has 2 rings (SSSR count). The second-order valence-corrected chi connectivity index (χ2v) is 5.34. The van der Waals surface area contributed by atoms with Crippen molar-refractivity contribution in [1.82, 2.24) is 10.3 Å². The molecule has 1 aliphatic heterocycles. The van der Waals surface area contributed by atoms with E-state index in [0.717, 1.165) is 0 Å².